The largest absolute Gasteiger partial charge is 0.478 e. The maximum atomic E-state index is 11.6. The number of aromatic carboxylic acids is 1. The SMILES string of the molecule is O=C(NCCc1ncon1)Nc1ccc(C(=O)O)cc1. The summed E-state index contributed by atoms with van der Waals surface area (Å²) >= 11 is 0. The summed E-state index contributed by atoms with van der Waals surface area (Å²) in [5.74, 6) is -0.503. The molecule has 0 aliphatic heterocycles. The van der Waals surface area contributed by atoms with E-state index in [1.165, 1.54) is 30.7 Å². The molecule has 0 unspecified atom stereocenters. The van der Waals surface area contributed by atoms with Crippen molar-refractivity contribution in [1.82, 2.24) is 15.5 Å². The van der Waals surface area contributed by atoms with Crippen molar-refractivity contribution >= 4 is 17.7 Å². The molecule has 1 aromatic heterocycles. The third-order valence-electron chi connectivity index (χ3n) is 2.43. The fourth-order valence-corrected chi connectivity index (χ4v) is 1.46. The average molecular weight is 276 g/mol. The van der Waals surface area contributed by atoms with Gasteiger partial charge in [-0.25, -0.2) is 9.59 Å². The lowest BCUT2D eigenvalue weighted by molar-refractivity contribution is 0.0697. The normalized spacial score (nSPS) is 10.0. The zero-order valence-electron chi connectivity index (χ0n) is 10.4. The molecule has 1 heterocycles. The Kier molecular flexibility index (Phi) is 4.28. The van der Waals surface area contributed by atoms with Crippen LogP contribution in [0.25, 0.3) is 0 Å². The fourth-order valence-electron chi connectivity index (χ4n) is 1.46. The number of anilines is 1. The molecule has 0 spiro atoms. The first-order valence-corrected chi connectivity index (χ1v) is 5.78. The summed E-state index contributed by atoms with van der Waals surface area (Å²) in [5.41, 5.74) is 0.667. The molecular formula is C12H12N4O4. The number of carbonyl (C=O) groups excluding carboxylic acids is 1. The summed E-state index contributed by atoms with van der Waals surface area (Å²) in [7, 11) is 0. The minimum atomic E-state index is -1.01. The van der Waals surface area contributed by atoms with Gasteiger partial charge in [-0.3, -0.25) is 0 Å². The number of hydrogen-bond donors (Lipinski definition) is 3. The monoisotopic (exact) mass is 276 g/mol. The summed E-state index contributed by atoms with van der Waals surface area (Å²) in [4.78, 5) is 26.0. The predicted octanol–water partition coefficient (Wildman–Crippen LogP) is 1.13. The Balaban J connectivity index is 1.77. The van der Waals surface area contributed by atoms with Crippen LogP contribution in [-0.2, 0) is 6.42 Å². The average Bonchev–Trinajstić information content (AvgIpc) is 2.92. The van der Waals surface area contributed by atoms with Crippen molar-refractivity contribution in [3.05, 3.63) is 42.0 Å². The van der Waals surface area contributed by atoms with Gasteiger partial charge >= 0.3 is 12.0 Å². The highest BCUT2D eigenvalue weighted by molar-refractivity contribution is 5.91. The van der Waals surface area contributed by atoms with E-state index in [-0.39, 0.29) is 5.56 Å². The summed E-state index contributed by atoms with van der Waals surface area (Å²) in [6.45, 7) is 0.360. The van der Waals surface area contributed by atoms with Crippen molar-refractivity contribution in [2.45, 2.75) is 6.42 Å². The molecule has 0 saturated carbocycles. The molecule has 2 aromatic rings. The van der Waals surface area contributed by atoms with Gasteiger partial charge in [0.25, 0.3) is 0 Å². The Labute approximate surface area is 113 Å². The number of hydrogen-bond acceptors (Lipinski definition) is 5. The van der Waals surface area contributed by atoms with E-state index in [2.05, 4.69) is 25.3 Å². The number of amides is 2. The van der Waals surface area contributed by atoms with E-state index in [1.54, 1.807) is 0 Å². The second-order valence-corrected chi connectivity index (χ2v) is 3.86. The molecule has 0 bridgehead atoms. The van der Waals surface area contributed by atoms with Crippen LogP contribution >= 0.6 is 0 Å². The summed E-state index contributed by atoms with van der Waals surface area (Å²) < 4.78 is 4.56. The minimum Gasteiger partial charge on any atom is -0.478 e. The van der Waals surface area contributed by atoms with Crippen LogP contribution < -0.4 is 10.6 Å². The quantitative estimate of drug-likeness (QED) is 0.753. The van der Waals surface area contributed by atoms with Crippen molar-refractivity contribution < 1.29 is 19.2 Å². The van der Waals surface area contributed by atoms with Gasteiger partial charge in [0.2, 0.25) is 6.39 Å². The summed E-state index contributed by atoms with van der Waals surface area (Å²) in [6, 6.07) is 5.47. The number of carboxylic acid groups (broad SMARTS) is 1. The van der Waals surface area contributed by atoms with Crippen LogP contribution in [0.2, 0.25) is 0 Å². The molecule has 104 valence electrons. The Morgan fingerprint density at radius 3 is 2.60 bits per heavy atom. The van der Waals surface area contributed by atoms with Gasteiger partial charge in [-0.2, -0.15) is 4.98 Å². The number of carbonyl (C=O) groups is 2. The van der Waals surface area contributed by atoms with Gasteiger partial charge in [-0.1, -0.05) is 5.16 Å². The lowest BCUT2D eigenvalue weighted by Gasteiger charge is -2.06. The van der Waals surface area contributed by atoms with Crippen molar-refractivity contribution in [2.24, 2.45) is 0 Å². The molecular weight excluding hydrogens is 264 g/mol. The molecule has 0 aliphatic rings. The Morgan fingerprint density at radius 1 is 1.25 bits per heavy atom. The Morgan fingerprint density at radius 2 is 2.00 bits per heavy atom. The number of benzene rings is 1. The lowest BCUT2D eigenvalue weighted by Crippen LogP contribution is -2.30. The van der Waals surface area contributed by atoms with Crippen molar-refractivity contribution in [3.8, 4) is 0 Å². The molecule has 8 nitrogen and oxygen atoms in total. The van der Waals surface area contributed by atoms with E-state index in [0.29, 0.717) is 24.5 Å². The zero-order valence-corrected chi connectivity index (χ0v) is 10.4. The molecule has 20 heavy (non-hydrogen) atoms. The first-order chi connectivity index (χ1) is 9.65. The molecule has 1 aromatic carbocycles. The van der Waals surface area contributed by atoms with Gasteiger partial charge in [-0.05, 0) is 24.3 Å². The maximum absolute atomic E-state index is 11.6. The van der Waals surface area contributed by atoms with Gasteiger partial charge in [0.15, 0.2) is 5.82 Å². The van der Waals surface area contributed by atoms with E-state index in [4.69, 9.17) is 5.11 Å². The third kappa shape index (κ3) is 3.80. The lowest BCUT2D eigenvalue weighted by atomic mass is 10.2. The van der Waals surface area contributed by atoms with Crippen molar-refractivity contribution in [2.75, 3.05) is 11.9 Å². The highest BCUT2D eigenvalue weighted by atomic mass is 16.5. The van der Waals surface area contributed by atoms with Crippen LogP contribution in [-0.4, -0.2) is 33.8 Å². The molecule has 8 heteroatoms. The molecule has 0 radical (unpaired) electrons. The smallest absolute Gasteiger partial charge is 0.335 e. The highest BCUT2D eigenvalue weighted by Gasteiger charge is 2.05. The Bertz CT molecular complexity index is 580. The van der Waals surface area contributed by atoms with Gasteiger partial charge in [0.1, 0.15) is 0 Å². The topological polar surface area (TPSA) is 117 Å². The number of urea groups is 1. The van der Waals surface area contributed by atoms with Gasteiger partial charge < -0.3 is 20.3 Å². The zero-order chi connectivity index (χ0) is 14.4. The number of aromatic nitrogens is 2. The van der Waals surface area contributed by atoms with Crippen LogP contribution in [0.4, 0.5) is 10.5 Å². The first-order valence-electron chi connectivity index (χ1n) is 5.78. The van der Waals surface area contributed by atoms with Crippen LogP contribution in [0, 0.1) is 0 Å². The molecule has 0 fully saturated rings. The number of nitrogens with one attached hydrogen (secondary N) is 2. The second kappa shape index (κ2) is 6.32. The molecule has 0 aliphatic carbocycles. The number of nitrogens with zero attached hydrogens (tertiary/aromatic N) is 2. The summed E-state index contributed by atoms with van der Waals surface area (Å²) in [5, 5.41) is 17.6. The maximum Gasteiger partial charge on any atom is 0.335 e. The Hall–Kier alpha value is -2.90. The molecule has 2 amide bonds. The molecule has 0 saturated heterocycles. The predicted molar refractivity (Wildman–Crippen MR) is 68.4 cm³/mol. The van der Waals surface area contributed by atoms with E-state index in [1.807, 2.05) is 0 Å². The summed E-state index contributed by atoms with van der Waals surface area (Å²) in [6.07, 6.45) is 1.68. The minimum absolute atomic E-state index is 0.160. The molecule has 0 atom stereocenters. The van der Waals surface area contributed by atoms with Crippen LogP contribution in [0.1, 0.15) is 16.2 Å². The standard InChI is InChI=1S/C12H12N4O4/c17-11(18)8-1-3-9(4-2-8)15-12(19)13-6-5-10-14-7-20-16-10/h1-4,7H,5-6H2,(H,17,18)(H2,13,15,19). The van der Waals surface area contributed by atoms with E-state index in [9.17, 15) is 9.59 Å². The van der Waals surface area contributed by atoms with E-state index >= 15 is 0 Å². The van der Waals surface area contributed by atoms with E-state index < -0.39 is 12.0 Å². The molecule has 3 N–H and O–H groups in total. The first kappa shape index (κ1) is 13.5. The van der Waals surface area contributed by atoms with Crippen molar-refractivity contribution in [1.29, 1.82) is 0 Å². The van der Waals surface area contributed by atoms with E-state index in [0.717, 1.165) is 0 Å². The van der Waals surface area contributed by atoms with Crippen LogP contribution in [0.5, 0.6) is 0 Å². The fraction of sp³-hybridized carbons (Fsp3) is 0.167. The van der Waals surface area contributed by atoms with Gasteiger partial charge in [0.05, 0.1) is 5.56 Å². The molecule has 2 rings (SSSR count). The van der Waals surface area contributed by atoms with Crippen LogP contribution in [0.15, 0.2) is 35.2 Å². The van der Waals surface area contributed by atoms with Crippen LogP contribution in [0.3, 0.4) is 0 Å². The van der Waals surface area contributed by atoms with Gasteiger partial charge in [-0.15, -0.1) is 0 Å². The number of rotatable bonds is 5. The number of carboxylic acids is 1. The van der Waals surface area contributed by atoms with Gasteiger partial charge in [0, 0.05) is 18.7 Å². The van der Waals surface area contributed by atoms with Crippen molar-refractivity contribution in [3.63, 3.8) is 0 Å². The second-order valence-electron chi connectivity index (χ2n) is 3.86. The third-order valence-corrected chi connectivity index (χ3v) is 2.43. The highest BCUT2D eigenvalue weighted by Crippen LogP contribution is 2.09.